The summed E-state index contributed by atoms with van der Waals surface area (Å²) in [6, 6.07) is 3.34. The van der Waals surface area contributed by atoms with Gasteiger partial charge in [0.15, 0.2) is 5.69 Å². The molecule has 1 aromatic carbocycles. The Morgan fingerprint density at radius 1 is 1.09 bits per heavy atom. The highest BCUT2D eigenvalue weighted by atomic mass is 35.5. The number of benzene rings is 1. The van der Waals surface area contributed by atoms with Crippen LogP contribution in [0.4, 0.5) is 13.2 Å². The quantitative estimate of drug-likeness (QED) is 0.718. The van der Waals surface area contributed by atoms with Gasteiger partial charge in [-0.25, -0.2) is 4.79 Å². The average molecular weight is 371 g/mol. The van der Waals surface area contributed by atoms with Gasteiger partial charge in [0.25, 0.3) is 0 Å². The van der Waals surface area contributed by atoms with Crippen molar-refractivity contribution >= 4 is 40.8 Å². The maximum absolute atomic E-state index is 13.1. The van der Waals surface area contributed by atoms with Gasteiger partial charge in [-0.2, -0.15) is 13.2 Å². The molecule has 0 bridgehead atoms. The number of alkyl halides is 3. The van der Waals surface area contributed by atoms with Crippen molar-refractivity contribution in [2.75, 3.05) is 0 Å². The second-order valence-corrected chi connectivity index (χ2v) is 5.27. The molecule has 3 nitrogen and oxygen atoms in total. The van der Waals surface area contributed by atoms with Crippen molar-refractivity contribution in [2.24, 2.45) is 0 Å². The molecular formula is C13H5Cl3F3NO2. The van der Waals surface area contributed by atoms with Crippen LogP contribution in [0.2, 0.25) is 15.1 Å². The Hall–Kier alpha value is -1.50. The van der Waals surface area contributed by atoms with E-state index in [1.165, 1.54) is 6.07 Å². The number of carboxylic acids is 1. The number of nitrogens with zero attached hydrogens (tertiary/aromatic N) is 1. The number of carbonyl (C=O) groups is 1. The number of hydrogen-bond acceptors (Lipinski definition) is 2. The third-order valence-corrected chi connectivity index (χ3v) is 4.05. The minimum absolute atomic E-state index is 0.0322. The fourth-order valence-corrected chi connectivity index (χ4v) is 2.48. The van der Waals surface area contributed by atoms with E-state index in [4.69, 9.17) is 39.9 Å². The Bertz CT molecular complexity index is 763. The summed E-state index contributed by atoms with van der Waals surface area (Å²) >= 11 is 17.5. The monoisotopic (exact) mass is 369 g/mol. The van der Waals surface area contributed by atoms with Gasteiger partial charge in [-0.1, -0.05) is 40.9 Å². The SMILES string of the molecule is O=C(O)c1ccnc(C(F)(F)F)c1-c1ccc(Cl)c(Cl)c1Cl. The van der Waals surface area contributed by atoms with Crippen LogP contribution in [0.3, 0.4) is 0 Å². The van der Waals surface area contributed by atoms with Crippen molar-refractivity contribution in [3.05, 3.63) is 50.7 Å². The molecule has 0 radical (unpaired) electrons. The highest BCUT2D eigenvalue weighted by Crippen LogP contribution is 2.43. The summed E-state index contributed by atoms with van der Waals surface area (Å²) in [5.74, 6) is -1.55. The van der Waals surface area contributed by atoms with E-state index in [1.807, 2.05) is 0 Å². The van der Waals surface area contributed by atoms with E-state index in [0.717, 1.165) is 18.3 Å². The predicted octanol–water partition coefficient (Wildman–Crippen LogP) is 5.43. The van der Waals surface area contributed by atoms with Crippen molar-refractivity contribution in [1.29, 1.82) is 0 Å². The van der Waals surface area contributed by atoms with Crippen LogP contribution in [0, 0.1) is 0 Å². The zero-order valence-corrected chi connectivity index (χ0v) is 12.6. The lowest BCUT2D eigenvalue weighted by molar-refractivity contribution is -0.140. The van der Waals surface area contributed by atoms with Crippen LogP contribution in [-0.4, -0.2) is 16.1 Å². The summed E-state index contributed by atoms with van der Waals surface area (Å²) in [6.07, 6.45) is -4.10. The topological polar surface area (TPSA) is 50.2 Å². The zero-order chi connectivity index (χ0) is 16.7. The van der Waals surface area contributed by atoms with Gasteiger partial charge in [0, 0.05) is 17.3 Å². The number of carboxylic acid groups (broad SMARTS) is 1. The van der Waals surface area contributed by atoms with Crippen molar-refractivity contribution in [2.45, 2.75) is 6.18 Å². The molecular weight excluding hydrogens is 366 g/mol. The second-order valence-electron chi connectivity index (χ2n) is 4.11. The maximum atomic E-state index is 13.1. The highest BCUT2D eigenvalue weighted by molar-refractivity contribution is 6.49. The van der Waals surface area contributed by atoms with E-state index in [2.05, 4.69) is 4.98 Å². The summed E-state index contributed by atoms with van der Waals surface area (Å²) < 4.78 is 39.4. The van der Waals surface area contributed by atoms with Crippen molar-refractivity contribution in [3.8, 4) is 11.1 Å². The highest BCUT2D eigenvalue weighted by Gasteiger charge is 2.38. The Morgan fingerprint density at radius 2 is 1.73 bits per heavy atom. The smallest absolute Gasteiger partial charge is 0.433 e. The normalized spacial score (nSPS) is 11.5. The molecule has 9 heteroatoms. The maximum Gasteiger partial charge on any atom is 0.433 e. The molecule has 1 heterocycles. The number of halogens is 6. The van der Waals surface area contributed by atoms with E-state index in [1.54, 1.807) is 0 Å². The molecule has 0 unspecified atom stereocenters. The second kappa shape index (κ2) is 5.95. The van der Waals surface area contributed by atoms with Gasteiger partial charge in [-0.05, 0) is 12.1 Å². The molecule has 0 saturated carbocycles. The lowest BCUT2D eigenvalue weighted by Crippen LogP contribution is -2.14. The van der Waals surface area contributed by atoms with Gasteiger partial charge in [0.2, 0.25) is 0 Å². The fraction of sp³-hybridized carbons (Fsp3) is 0.0769. The Labute approximate surface area is 137 Å². The summed E-state index contributed by atoms with van der Waals surface area (Å²) in [5.41, 5.74) is -2.84. The van der Waals surface area contributed by atoms with E-state index in [0.29, 0.717) is 0 Å². The van der Waals surface area contributed by atoms with Gasteiger partial charge in [-0.3, -0.25) is 4.98 Å². The van der Waals surface area contributed by atoms with Gasteiger partial charge < -0.3 is 5.11 Å². The molecule has 0 aliphatic carbocycles. The Morgan fingerprint density at radius 3 is 2.27 bits per heavy atom. The molecule has 0 spiro atoms. The van der Waals surface area contributed by atoms with Crippen molar-refractivity contribution in [3.63, 3.8) is 0 Å². The molecule has 0 fully saturated rings. The van der Waals surface area contributed by atoms with Gasteiger partial charge >= 0.3 is 12.1 Å². The molecule has 1 N–H and O–H groups in total. The number of aromatic nitrogens is 1. The fourth-order valence-electron chi connectivity index (χ4n) is 1.85. The minimum atomic E-state index is -4.86. The number of pyridine rings is 1. The van der Waals surface area contributed by atoms with E-state index in [-0.39, 0.29) is 20.6 Å². The van der Waals surface area contributed by atoms with Crippen LogP contribution in [0.1, 0.15) is 16.1 Å². The first-order valence-electron chi connectivity index (χ1n) is 5.58. The summed E-state index contributed by atoms with van der Waals surface area (Å²) in [5, 5.41) is 8.71. The molecule has 0 saturated heterocycles. The van der Waals surface area contributed by atoms with Crippen LogP contribution in [0.15, 0.2) is 24.4 Å². The minimum Gasteiger partial charge on any atom is -0.478 e. The molecule has 2 aromatic rings. The summed E-state index contributed by atoms with van der Waals surface area (Å²) in [7, 11) is 0. The van der Waals surface area contributed by atoms with Crippen LogP contribution in [0.5, 0.6) is 0 Å². The van der Waals surface area contributed by atoms with E-state index >= 15 is 0 Å². The van der Waals surface area contributed by atoms with E-state index < -0.39 is 29.0 Å². The molecule has 0 atom stereocenters. The molecule has 116 valence electrons. The van der Waals surface area contributed by atoms with E-state index in [9.17, 15) is 18.0 Å². The predicted molar refractivity (Wildman–Crippen MR) is 76.7 cm³/mol. The third-order valence-electron chi connectivity index (χ3n) is 2.75. The average Bonchev–Trinajstić information content (AvgIpc) is 2.43. The van der Waals surface area contributed by atoms with Gasteiger partial charge in [0.05, 0.1) is 20.6 Å². The first-order valence-corrected chi connectivity index (χ1v) is 6.71. The first kappa shape index (κ1) is 16.9. The van der Waals surface area contributed by atoms with Gasteiger partial charge in [-0.15, -0.1) is 0 Å². The van der Waals surface area contributed by atoms with Crippen molar-refractivity contribution < 1.29 is 23.1 Å². The molecule has 22 heavy (non-hydrogen) atoms. The lowest BCUT2D eigenvalue weighted by atomic mass is 9.97. The van der Waals surface area contributed by atoms with Crippen LogP contribution in [-0.2, 0) is 6.18 Å². The largest absolute Gasteiger partial charge is 0.478 e. The molecule has 2 rings (SSSR count). The first-order chi connectivity index (χ1) is 10.1. The molecule has 0 aliphatic heterocycles. The Kier molecular flexibility index (Phi) is 4.56. The van der Waals surface area contributed by atoms with Crippen LogP contribution >= 0.6 is 34.8 Å². The number of hydrogen-bond donors (Lipinski definition) is 1. The van der Waals surface area contributed by atoms with Gasteiger partial charge in [0.1, 0.15) is 0 Å². The summed E-state index contributed by atoms with van der Waals surface area (Å²) in [4.78, 5) is 14.5. The third kappa shape index (κ3) is 2.99. The standard InChI is InChI=1S/C13H5Cl3F3NO2/c14-7-2-1-5(9(15)10(7)16)8-6(12(21)22)3-4-20-11(8)13(17,18)19/h1-4H,(H,21,22). The number of aromatic carboxylic acids is 1. The number of rotatable bonds is 2. The van der Waals surface area contributed by atoms with Crippen molar-refractivity contribution in [1.82, 2.24) is 4.98 Å². The zero-order valence-electron chi connectivity index (χ0n) is 10.4. The molecule has 1 aromatic heterocycles. The molecule has 0 amide bonds. The lowest BCUT2D eigenvalue weighted by Gasteiger charge is -2.16. The van der Waals surface area contributed by atoms with Crippen LogP contribution in [0.25, 0.3) is 11.1 Å². The Balaban J connectivity index is 2.90. The summed E-state index contributed by atoms with van der Waals surface area (Å²) in [6.45, 7) is 0. The molecule has 0 aliphatic rings. The van der Waals surface area contributed by atoms with Crippen LogP contribution < -0.4 is 0 Å².